The van der Waals surface area contributed by atoms with Gasteiger partial charge in [0.05, 0.1) is 12.6 Å². The lowest BCUT2D eigenvalue weighted by molar-refractivity contribution is 0.671. The maximum atomic E-state index is 2.59. The van der Waals surface area contributed by atoms with Crippen molar-refractivity contribution >= 4 is 61.5 Å². The first-order chi connectivity index (χ1) is 24.8. The summed E-state index contributed by atoms with van der Waals surface area (Å²) in [5.41, 5.74) is 12.0. The first-order valence-corrected chi connectivity index (χ1v) is 17.8. The van der Waals surface area contributed by atoms with Crippen LogP contribution in [0.25, 0.3) is 66.7 Å². The third-order valence-electron chi connectivity index (χ3n) is 11.3. The third-order valence-corrected chi connectivity index (χ3v) is 11.3. The number of fused-ring (bicyclic) bond motifs is 6. The molecule has 236 valence electrons. The minimum Gasteiger partial charge on any atom is -0.360 e. The van der Waals surface area contributed by atoms with Gasteiger partial charge in [-0.3, -0.25) is 0 Å². The highest BCUT2D eigenvalue weighted by molar-refractivity contribution is 6.09. The maximum Gasteiger partial charge on any atom is 0.0520 e. The Hall–Kier alpha value is -6.12. The summed E-state index contributed by atoms with van der Waals surface area (Å²) in [7, 11) is 0. The summed E-state index contributed by atoms with van der Waals surface area (Å²) in [6.07, 6.45) is 6.10. The van der Waals surface area contributed by atoms with E-state index in [1.807, 2.05) is 0 Å². The molecule has 2 aliphatic heterocycles. The summed E-state index contributed by atoms with van der Waals surface area (Å²) in [5, 5.41) is 10.4. The maximum absolute atomic E-state index is 2.59. The van der Waals surface area contributed by atoms with E-state index in [-0.39, 0.29) is 0 Å². The highest BCUT2D eigenvalue weighted by atomic mass is 15.2. The van der Waals surface area contributed by atoms with E-state index in [4.69, 9.17) is 0 Å². The van der Waals surface area contributed by atoms with Gasteiger partial charge in [0.2, 0.25) is 0 Å². The van der Waals surface area contributed by atoms with Crippen molar-refractivity contribution in [3.8, 4) is 22.3 Å². The molecule has 3 aliphatic rings. The van der Waals surface area contributed by atoms with Crippen molar-refractivity contribution in [3.63, 3.8) is 0 Å². The fraction of sp³-hybridized carbons (Fsp3) is 0.0833. The number of hydrogen-bond acceptors (Lipinski definition) is 2. The van der Waals surface area contributed by atoms with Crippen LogP contribution in [-0.2, 0) is 13.1 Å². The average molecular weight is 639 g/mol. The van der Waals surface area contributed by atoms with Crippen LogP contribution in [0.4, 0.5) is 17.1 Å². The van der Waals surface area contributed by atoms with Gasteiger partial charge in [0.25, 0.3) is 0 Å². The Morgan fingerprint density at radius 2 is 1.06 bits per heavy atom. The van der Waals surface area contributed by atoms with Gasteiger partial charge in [0.15, 0.2) is 0 Å². The molecule has 0 spiro atoms. The van der Waals surface area contributed by atoms with Gasteiger partial charge in [-0.2, -0.15) is 0 Å². The first kappa shape index (κ1) is 27.8. The topological polar surface area (TPSA) is 6.48 Å². The molecule has 50 heavy (non-hydrogen) atoms. The van der Waals surface area contributed by atoms with Crippen molar-refractivity contribution in [2.75, 3.05) is 9.80 Å². The van der Waals surface area contributed by atoms with E-state index < -0.39 is 0 Å². The molecule has 1 unspecified atom stereocenters. The van der Waals surface area contributed by atoms with Crippen LogP contribution in [0.2, 0.25) is 0 Å². The smallest absolute Gasteiger partial charge is 0.0520 e. The number of nitrogens with zero attached hydrogens (tertiary/aromatic N) is 2. The van der Waals surface area contributed by atoms with E-state index in [9.17, 15) is 0 Å². The van der Waals surface area contributed by atoms with Crippen LogP contribution in [0.15, 0.2) is 152 Å². The van der Waals surface area contributed by atoms with Crippen LogP contribution in [-0.4, -0.2) is 6.04 Å². The molecule has 0 N–H and O–H groups in total. The Morgan fingerprint density at radius 3 is 1.74 bits per heavy atom. The molecular weight excluding hydrogens is 605 g/mol. The molecule has 1 atom stereocenters. The second-order valence-corrected chi connectivity index (χ2v) is 14.1. The Bertz CT molecular complexity index is 2830. The van der Waals surface area contributed by atoms with Gasteiger partial charge in [-0.15, -0.1) is 0 Å². The minimum atomic E-state index is 0.301. The molecule has 2 heterocycles. The SMILES string of the molecule is C1=c2c(-c3ccc4ccccc4c3)c3ccc(N4Cc5ccccc54)cc3c(-c3ccc4ccccc4c3)c2=CCC1N1Cc2ccccc21. The molecule has 0 radical (unpaired) electrons. The molecule has 8 aromatic rings. The number of para-hydroxylation sites is 2. The third kappa shape index (κ3) is 4.15. The number of anilines is 3. The first-order valence-electron chi connectivity index (χ1n) is 17.8. The lowest BCUT2D eigenvalue weighted by Crippen LogP contribution is -2.45. The lowest BCUT2D eigenvalue weighted by Gasteiger charge is -2.41. The standard InChI is InChI=1S/C48H34N2/c1-3-11-33-25-35(19-17-31(33)9-1)47-41-23-21-40(50-30-38-14-6-8-16-46(38)50)28-44(41)48(36-20-18-32-10-2-4-12-34(32)26-36)42-24-22-39(27-43(42)47)49-29-37-13-5-7-15-45(37)49/h1-21,23-28,39H,22,29-30H2. The second-order valence-electron chi connectivity index (χ2n) is 14.1. The van der Waals surface area contributed by atoms with Crippen molar-refractivity contribution in [1.29, 1.82) is 0 Å². The Morgan fingerprint density at radius 1 is 0.460 bits per heavy atom. The van der Waals surface area contributed by atoms with Crippen molar-refractivity contribution in [2.45, 2.75) is 25.6 Å². The zero-order valence-corrected chi connectivity index (χ0v) is 27.7. The summed E-state index contributed by atoms with van der Waals surface area (Å²) in [5.74, 6) is 0. The molecule has 2 nitrogen and oxygen atoms in total. The molecule has 0 aromatic heterocycles. The van der Waals surface area contributed by atoms with Gasteiger partial charge in [-0.1, -0.05) is 127 Å². The number of hydrogen-bond donors (Lipinski definition) is 0. The zero-order chi connectivity index (χ0) is 32.8. The molecule has 0 fully saturated rings. The summed E-state index contributed by atoms with van der Waals surface area (Å²) in [4.78, 5) is 5.05. The largest absolute Gasteiger partial charge is 0.360 e. The van der Waals surface area contributed by atoms with E-state index in [1.54, 1.807) is 0 Å². The number of rotatable bonds is 4. The molecule has 11 rings (SSSR count). The molecule has 0 bridgehead atoms. The number of benzene rings is 8. The van der Waals surface area contributed by atoms with Crippen LogP contribution in [0.3, 0.4) is 0 Å². The molecule has 2 heteroatoms. The molecule has 8 aromatic carbocycles. The Labute approximate surface area is 291 Å². The van der Waals surface area contributed by atoms with E-state index in [1.165, 1.54) is 93.2 Å². The fourth-order valence-electron chi connectivity index (χ4n) is 8.80. The minimum absolute atomic E-state index is 0.301. The van der Waals surface area contributed by atoms with Crippen LogP contribution >= 0.6 is 0 Å². The highest BCUT2D eigenvalue weighted by Gasteiger charge is 2.30. The molecule has 0 saturated carbocycles. The zero-order valence-electron chi connectivity index (χ0n) is 27.7. The molecule has 0 amide bonds. The van der Waals surface area contributed by atoms with Crippen LogP contribution in [0.1, 0.15) is 17.5 Å². The van der Waals surface area contributed by atoms with E-state index >= 15 is 0 Å². The summed E-state index contributed by atoms with van der Waals surface area (Å²) in [6.45, 7) is 1.94. The average Bonchev–Trinajstić information content (AvgIpc) is 3.14. The van der Waals surface area contributed by atoms with Crippen molar-refractivity contribution in [2.24, 2.45) is 0 Å². The van der Waals surface area contributed by atoms with Gasteiger partial charge in [0.1, 0.15) is 0 Å². The fourth-order valence-corrected chi connectivity index (χ4v) is 8.80. The lowest BCUT2D eigenvalue weighted by atomic mass is 9.83. The Kier molecular flexibility index (Phi) is 5.94. The Balaban J connectivity index is 1.22. The van der Waals surface area contributed by atoms with Crippen molar-refractivity contribution < 1.29 is 0 Å². The summed E-state index contributed by atoms with van der Waals surface area (Å²) in [6, 6.07) is 56.7. The molecule has 0 saturated heterocycles. The normalized spacial score (nSPS) is 15.8. The molecule has 1 aliphatic carbocycles. The van der Waals surface area contributed by atoms with Crippen LogP contribution in [0, 0.1) is 0 Å². The van der Waals surface area contributed by atoms with E-state index in [0.29, 0.717) is 6.04 Å². The summed E-state index contributed by atoms with van der Waals surface area (Å²) < 4.78 is 0. The van der Waals surface area contributed by atoms with Crippen LogP contribution < -0.4 is 20.2 Å². The van der Waals surface area contributed by atoms with Crippen LogP contribution in [0.5, 0.6) is 0 Å². The van der Waals surface area contributed by atoms with Crippen molar-refractivity contribution in [1.82, 2.24) is 0 Å². The van der Waals surface area contributed by atoms with Crippen molar-refractivity contribution in [3.05, 3.63) is 173 Å². The van der Waals surface area contributed by atoms with E-state index in [2.05, 4.69) is 174 Å². The highest BCUT2D eigenvalue weighted by Crippen LogP contribution is 2.43. The predicted octanol–water partition coefficient (Wildman–Crippen LogP) is 10.5. The van der Waals surface area contributed by atoms with Gasteiger partial charge in [-0.05, 0) is 119 Å². The van der Waals surface area contributed by atoms with Gasteiger partial charge in [0, 0.05) is 23.6 Å². The monoisotopic (exact) mass is 638 g/mol. The van der Waals surface area contributed by atoms with Gasteiger partial charge in [-0.25, -0.2) is 0 Å². The van der Waals surface area contributed by atoms with E-state index in [0.717, 1.165) is 19.5 Å². The van der Waals surface area contributed by atoms with Gasteiger partial charge >= 0.3 is 0 Å². The summed E-state index contributed by atoms with van der Waals surface area (Å²) >= 11 is 0. The molecular formula is C48H34N2. The quantitative estimate of drug-likeness (QED) is 0.189. The second kappa shape index (κ2) is 10.7. The van der Waals surface area contributed by atoms with Gasteiger partial charge < -0.3 is 9.80 Å². The predicted molar refractivity (Wildman–Crippen MR) is 211 cm³/mol.